The summed E-state index contributed by atoms with van der Waals surface area (Å²) >= 11 is 0. The second kappa shape index (κ2) is 7.97. The van der Waals surface area contributed by atoms with E-state index in [0.29, 0.717) is 27.8 Å². The average Bonchev–Trinajstić information content (AvgIpc) is 2.77. The average molecular weight is 398 g/mol. The van der Waals surface area contributed by atoms with Gasteiger partial charge in [-0.3, -0.25) is 14.2 Å². The molecule has 4 aromatic rings. The van der Waals surface area contributed by atoms with Gasteiger partial charge in [-0.25, -0.2) is 9.37 Å². The molecule has 0 aliphatic heterocycles. The van der Waals surface area contributed by atoms with Crippen molar-refractivity contribution in [3.8, 4) is 6.07 Å². The molecule has 0 radical (unpaired) electrons. The molecule has 0 fully saturated rings. The number of benzene rings is 2. The number of nitriles is 1. The fraction of sp³-hybridized carbons (Fsp3) is 0.0435. The maximum atomic E-state index is 13.2. The molecule has 0 unspecified atom stereocenters. The Hall–Kier alpha value is -4.31. The number of aromatic nitrogens is 2. The van der Waals surface area contributed by atoms with Gasteiger partial charge in [0.05, 0.1) is 17.8 Å². The molecule has 6 nitrogen and oxygen atoms in total. The first-order chi connectivity index (χ1) is 14.6. The standard InChI is InChI=1S/C23H15FN4O2/c24-18-9-7-15(8-10-18)14-28-21-16(5-3-11-26-21)12-19(23(28)30)22(29)27-20-6-2-1-4-17(20)13-25/h1-12H,14H2,(H,27,29). The Morgan fingerprint density at radius 3 is 2.63 bits per heavy atom. The van der Waals surface area contributed by atoms with Gasteiger partial charge in [0.15, 0.2) is 0 Å². The number of hydrogen-bond donors (Lipinski definition) is 1. The molecule has 0 bridgehead atoms. The topological polar surface area (TPSA) is 87.8 Å². The van der Waals surface area contributed by atoms with Crippen LogP contribution in [0.1, 0.15) is 21.5 Å². The van der Waals surface area contributed by atoms with Crippen LogP contribution in [0.25, 0.3) is 11.0 Å². The Balaban J connectivity index is 1.80. The quantitative estimate of drug-likeness (QED) is 0.568. The van der Waals surface area contributed by atoms with E-state index in [1.807, 2.05) is 6.07 Å². The number of anilines is 1. The van der Waals surface area contributed by atoms with Crippen molar-refractivity contribution in [2.45, 2.75) is 6.54 Å². The number of carbonyl (C=O) groups is 1. The lowest BCUT2D eigenvalue weighted by atomic mass is 10.1. The molecule has 1 amide bonds. The predicted octanol–water partition coefficient (Wildman–Crippen LogP) is 3.71. The highest BCUT2D eigenvalue weighted by Gasteiger charge is 2.18. The van der Waals surface area contributed by atoms with Crippen LogP contribution in [-0.4, -0.2) is 15.5 Å². The number of halogens is 1. The minimum Gasteiger partial charge on any atom is -0.321 e. The zero-order valence-corrected chi connectivity index (χ0v) is 15.7. The molecular weight excluding hydrogens is 383 g/mol. The van der Waals surface area contributed by atoms with E-state index < -0.39 is 11.5 Å². The van der Waals surface area contributed by atoms with Crippen LogP contribution < -0.4 is 10.9 Å². The van der Waals surface area contributed by atoms with Crippen LogP contribution in [0.15, 0.2) is 77.7 Å². The van der Waals surface area contributed by atoms with Crippen molar-refractivity contribution in [3.05, 3.63) is 106 Å². The number of carbonyl (C=O) groups excluding carboxylic acids is 1. The fourth-order valence-corrected chi connectivity index (χ4v) is 3.17. The lowest BCUT2D eigenvalue weighted by Crippen LogP contribution is -2.30. The number of para-hydroxylation sites is 1. The Morgan fingerprint density at radius 1 is 1.10 bits per heavy atom. The molecule has 2 heterocycles. The summed E-state index contributed by atoms with van der Waals surface area (Å²) in [6, 6.07) is 19.3. The summed E-state index contributed by atoms with van der Waals surface area (Å²) in [6.07, 6.45) is 1.56. The zero-order valence-electron chi connectivity index (χ0n) is 15.7. The Kier molecular flexibility index (Phi) is 5.06. The van der Waals surface area contributed by atoms with Crippen LogP contribution in [0.4, 0.5) is 10.1 Å². The summed E-state index contributed by atoms with van der Waals surface area (Å²) in [7, 11) is 0. The van der Waals surface area contributed by atoms with Gasteiger partial charge in [0.2, 0.25) is 0 Å². The Bertz CT molecular complexity index is 1350. The third-order valence-corrected chi connectivity index (χ3v) is 4.64. The number of fused-ring (bicyclic) bond motifs is 1. The van der Waals surface area contributed by atoms with Crippen LogP contribution in [0.5, 0.6) is 0 Å². The van der Waals surface area contributed by atoms with E-state index >= 15 is 0 Å². The molecule has 7 heteroatoms. The molecule has 2 aromatic heterocycles. The molecule has 0 atom stereocenters. The van der Waals surface area contributed by atoms with Gasteiger partial charge in [-0.1, -0.05) is 24.3 Å². The summed E-state index contributed by atoms with van der Waals surface area (Å²) in [5.74, 6) is -1.00. The van der Waals surface area contributed by atoms with Crippen LogP contribution in [0.3, 0.4) is 0 Å². The lowest BCUT2D eigenvalue weighted by molar-refractivity contribution is 0.102. The molecule has 0 aliphatic rings. The molecule has 0 aliphatic carbocycles. The lowest BCUT2D eigenvalue weighted by Gasteiger charge is -2.13. The summed E-state index contributed by atoms with van der Waals surface area (Å²) < 4.78 is 14.6. The van der Waals surface area contributed by atoms with Crippen LogP contribution in [-0.2, 0) is 6.54 Å². The van der Waals surface area contributed by atoms with Gasteiger partial charge in [0, 0.05) is 11.6 Å². The van der Waals surface area contributed by atoms with E-state index in [-0.39, 0.29) is 17.9 Å². The molecule has 30 heavy (non-hydrogen) atoms. The van der Waals surface area contributed by atoms with Crippen molar-refractivity contribution in [1.29, 1.82) is 5.26 Å². The smallest absolute Gasteiger partial charge is 0.265 e. The van der Waals surface area contributed by atoms with Gasteiger partial charge in [-0.15, -0.1) is 0 Å². The molecular formula is C23H15FN4O2. The van der Waals surface area contributed by atoms with E-state index in [2.05, 4.69) is 10.3 Å². The first kappa shape index (κ1) is 19.0. The third-order valence-electron chi connectivity index (χ3n) is 4.64. The van der Waals surface area contributed by atoms with Gasteiger partial charge < -0.3 is 5.32 Å². The Morgan fingerprint density at radius 2 is 1.87 bits per heavy atom. The molecule has 1 N–H and O–H groups in total. The summed E-state index contributed by atoms with van der Waals surface area (Å²) in [5, 5.41) is 12.5. The van der Waals surface area contributed by atoms with E-state index in [1.165, 1.54) is 22.8 Å². The van der Waals surface area contributed by atoms with Crippen molar-refractivity contribution in [1.82, 2.24) is 9.55 Å². The third kappa shape index (κ3) is 3.66. The zero-order chi connectivity index (χ0) is 21.1. The van der Waals surface area contributed by atoms with Gasteiger partial charge in [-0.2, -0.15) is 5.26 Å². The van der Waals surface area contributed by atoms with E-state index in [9.17, 15) is 19.2 Å². The molecule has 0 saturated heterocycles. The first-order valence-corrected chi connectivity index (χ1v) is 9.10. The number of amides is 1. The highest BCUT2D eigenvalue weighted by Crippen LogP contribution is 2.17. The van der Waals surface area contributed by atoms with Crippen molar-refractivity contribution in [2.75, 3.05) is 5.32 Å². The van der Waals surface area contributed by atoms with Crippen LogP contribution in [0.2, 0.25) is 0 Å². The van der Waals surface area contributed by atoms with Gasteiger partial charge >= 0.3 is 0 Å². The Labute approximate surface area is 170 Å². The molecule has 146 valence electrons. The number of nitrogens with one attached hydrogen (secondary N) is 1. The number of rotatable bonds is 4. The van der Waals surface area contributed by atoms with Crippen molar-refractivity contribution in [2.24, 2.45) is 0 Å². The van der Waals surface area contributed by atoms with E-state index in [1.54, 1.807) is 54.7 Å². The number of nitrogens with zero attached hydrogens (tertiary/aromatic N) is 3. The van der Waals surface area contributed by atoms with Gasteiger partial charge in [-0.05, 0) is 48.0 Å². The monoisotopic (exact) mass is 398 g/mol. The highest BCUT2D eigenvalue weighted by molar-refractivity contribution is 6.06. The number of pyridine rings is 2. The molecule has 0 spiro atoms. The van der Waals surface area contributed by atoms with Crippen molar-refractivity contribution >= 4 is 22.6 Å². The number of hydrogen-bond acceptors (Lipinski definition) is 4. The fourth-order valence-electron chi connectivity index (χ4n) is 3.17. The maximum Gasteiger partial charge on any atom is 0.265 e. The summed E-state index contributed by atoms with van der Waals surface area (Å²) in [4.78, 5) is 30.3. The minimum absolute atomic E-state index is 0.0784. The molecule has 4 rings (SSSR count). The maximum absolute atomic E-state index is 13.2. The SMILES string of the molecule is N#Cc1ccccc1NC(=O)c1cc2cccnc2n(Cc2ccc(F)cc2)c1=O. The second-order valence-corrected chi connectivity index (χ2v) is 6.60. The van der Waals surface area contributed by atoms with Gasteiger partial charge in [0.1, 0.15) is 23.1 Å². The predicted molar refractivity (Wildman–Crippen MR) is 111 cm³/mol. The first-order valence-electron chi connectivity index (χ1n) is 9.10. The van der Waals surface area contributed by atoms with E-state index in [4.69, 9.17) is 0 Å². The minimum atomic E-state index is -0.624. The summed E-state index contributed by atoms with van der Waals surface area (Å²) in [6.45, 7) is 0.128. The van der Waals surface area contributed by atoms with Crippen molar-refractivity contribution < 1.29 is 9.18 Å². The van der Waals surface area contributed by atoms with Crippen LogP contribution >= 0.6 is 0 Å². The van der Waals surface area contributed by atoms with Crippen molar-refractivity contribution in [3.63, 3.8) is 0 Å². The van der Waals surface area contributed by atoms with E-state index in [0.717, 1.165) is 0 Å². The normalized spacial score (nSPS) is 10.5. The molecule has 2 aromatic carbocycles. The second-order valence-electron chi connectivity index (χ2n) is 6.60. The summed E-state index contributed by atoms with van der Waals surface area (Å²) in [5.41, 5.74) is 1.11. The highest BCUT2D eigenvalue weighted by atomic mass is 19.1. The van der Waals surface area contributed by atoms with Crippen LogP contribution in [0, 0.1) is 17.1 Å². The van der Waals surface area contributed by atoms with Gasteiger partial charge in [0.25, 0.3) is 11.5 Å². The molecule has 0 saturated carbocycles. The largest absolute Gasteiger partial charge is 0.321 e.